The van der Waals surface area contributed by atoms with E-state index in [1.165, 1.54) is 0 Å². The van der Waals surface area contributed by atoms with Gasteiger partial charge in [-0.3, -0.25) is 19.6 Å². The van der Waals surface area contributed by atoms with Crippen LogP contribution in [0.4, 0.5) is 0 Å². The quantitative estimate of drug-likeness (QED) is 0.530. The highest BCUT2D eigenvalue weighted by atomic mass is 16.5. The predicted molar refractivity (Wildman–Crippen MR) is 106 cm³/mol. The molecule has 0 N–H and O–H groups in total. The van der Waals surface area contributed by atoms with Gasteiger partial charge in [0, 0.05) is 48.7 Å². The molecule has 7 heteroatoms. The topological polar surface area (TPSA) is 79.0 Å². The summed E-state index contributed by atoms with van der Waals surface area (Å²) in [6.07, 6.45) is 6.74. The van der Waals surface area contributed by atoms with Crippen LogP contribution in [0.5, 0.6) is 0 Å². The van der Waals surface area contributed by atoms with E-state index in [0.29, 0.717) is 46.9 Å². The van der Waals surface area contributed by atoms with Crippen molar-refractivity contribution in [3.8, 4) is 0 Å². The molecule has 1 aliphatic heterocycles. The maximum Gasteiger partial charge on any atom is 0.212 e. The van der Waals surface area contributed by atoms with Crippen LogP contribution in [0.2, 0.25) is 0 Å². The van der Waals surface area contributed by atoms with Crippen LogP contribution in [0, 0.1) is 17.6 Å². The van der Waals surface area contributed by atoms with Gasteiger partial charge in [0.05, 0.1) is 25.0 Å². The summed E-state index contributed by atoms with van der Waals surface area (Å²) in [5.41, 5.74) is 1.25. The van der Waals surface area contributed by atoms with E-state index in [0.717, 1.165) is 5.69 Å². The van der Waals surface area contributed by atoms with E-state index >= 15 is 0 Å². The van der Waals surface area contributed by atoms with E-state index in [4.69, 9.17) is 4.74 Å². The number of fused-ring (bicyclic) bond motifs is 1. The third kappa shape index (κ3) is 2.99. The molecule has 0 atom stereocenters. The van der Waals surface area contributed by atoms with E-state index in [2.05, 4.69) is 9.97 Å². The highest BCUT2D eigenvalue weighted by Gasteiger charge is 2.15. The number of ether oxygens (including phenoxy) is 1. The molecule has 0 bridgehead atoms. The average molecular weight is 376 g/mol. The smallest absolute Gasteiger partial charge is 0.212 e. The molecule has 1 aromatic heterocycles. The van der Waals surface area contributed by atoms with Crippen molar-refractivity contribution >= 4 is 10.8 Å². The SMILES string of the molecule is COCCn1c(C)cn(Cc2cnccn2)c2c(=O)c3ccccc3c(=O)c1=2. The molecule has 1 aliphatic carbocycles. The first kappa shape index (κ1) is 18.1. The van der Waals surface area contributed by atoms with Gasteiger partial charge in [-0.25, -0.2) is 0 Å². The Morgan fingerprint density at radius 3 is 2.39 bits per heavy atom. The second-order valence-corrected chi connectivity index (χ2v) is 6.64. The second-order valence-electron chi connectivity index (χ2n) is 6.64. The summed E-state index contributed by atoms with van der Waals surface area (Å²) in [6, 6.07) is 6.95. The molecule has 0 spiro atoms. The van der Waals surface area contributed by atoms with Crippen molar-refractivity contribution in [2.75, 3.05) is 13.7 Å². The van der Waals surface area contributed by atoms with Crippen LogP contribution < -0.4 is 10.9 Å². The van der Waals surface area contributed by atoms with Crippen molar-refractivity contribution in [3.63, 3.8) is 0 Å². The standard InChI is InChI=1S/C21H20N4O3/c1-14-12-24(13-15-11-22-7-8-23-15)18-19(25(14)9-10-28-2)21(27)17-6-4-3-5-16(17)20(18)26/h3-8,11-12H,9-10,13H2,1-2H3. The lowest BCUT2D eigenvalue weighted by Crippen LogP contribution is -2.27. The Hall–Kier alpha value is -3.32. The maximum absolute atomic E-state index is 13.3. The molecule has 4 rings (SSSR count). The van der Waals surface area contributed by atoms with Crippen LogP contribution in [0.25, 0.3) is 10.8 Å². The van der Waals surface area contributed by atoms with E-state index in [9.17, 15) is 9.59 Å². The molecule has 1 aromatic carbocycles. The van der Waals surface area contributed by atoms with Crippen LogP contribution in [0.3, 0.4) is 0 Å². The first-order valence-corrected chi connectivity index (χ1v) is 9.01. The first-order valence-electron chi connectivity index (χ1n) is 9.01. The monoisotopic (exact) mass is 376 g/mol. The molecule has 28 heavy (non-hydrogen) atoms. The van der Waals surface area contributed by atoms with E-state index in [-0.39, 0.29) is 10.9 Å². The molecule has 0 radical (unpaired) electrons. The van der Waals surface area contributed by atoms with Gasteiger partial charge >= 0.3 is 0 Å². The van der Waals surface area contributed by atoms with Gasteiger partial charge in [-0.15, -0.1) is 0 Å². The number of rotatable bonds is 5. The Kier molecular flexibility index (Phi) is 4.75. The number of nitrogens with zero attached hydrogens (tertiary/aromatic N) is 4. The minimum absolute atomic E-state index is 0.155. The minimum atomic E-state index is -0.166. The molecule has 2 aromatic rings. The van der Waals surface area contributed by atoms with Crippen molar-refractivity contribution < 1.29 is 4.74 Å². The summed E-state index contributed by atoms with van der Waals surface area (Å²) < 4.78 is 8.87. The van der Waals surface area contributed by atoms with Gasteiger partial charge in [0.1, 0.15) is 10.7 Å². The van der Waals surface area contributed by atoms with E-state index in [1.807, 2.05) is 17.7 Å². The molecule has 142 valence electrons. The molecular formula is C21H20N4O3. The summed E-state index contributed by atoms with van der Waals surface area (Å²) in [4.78, 5) is 35.1. The number of hydrogen-bond acceptors (Lipinski definition) is 5. The zero-order valence-corrected chi connectivity index (χ0v) is 15.8. The number of hydrogen-bond donors (Lipinski definition) is 0. The van der Waals surface area contributed by atoms with Gasteiger partial charge in [-0.1, -0.05) is 24.3 Å². The van der Waals surface area contributed by atoms with Crippen LogP contribution in [0.15, 0.2) is 58.6 Å². The molecule has 0 fully saturated rings. The molecule has 2 heterocycles. The lowest BCUT2D eigenvalue weighted by Gasteiger charge is -2.17. The fourth-order valence-corrected chi connectivity index (χ4v) is 3.58. The predicted octanol–water partition coefficient (Wildman–Crippen LogP) is 1.68. The van der Waals surface area contributed by atoms with Gasteiger partial charge in [0.25, 0.3) is 0 Å². The Labute approximate surface area is 160 Å². The van der Waals surface area contributed by atoms with Crippen LogP contribution in [-0.4, -0.2) is 32.8 Å². The zero-order valence-electron chi connectivity index (χ0n) is 15.8. The minimum Gasteiger partial charge on any atom is -0.383 e. The molecule has 0 amide bonds. The number of aromatic nitrogens is 4. The first-order chi connectivity index (χ1) is 13.6. The summed E-state index contributed by atoms with van der Waals surface area (Å²) >= 11 is 0. The zero-order chi connectivity index (χ0) is 19.7. The number of aryl methyl sites for hydroxylation is 1. The lowest BCUT2D eigenvalue weighted by molar-refractivity contribution is 0.185. The van der Waals surface area contributed by atoms with Gasteiger partial charge < -0.3 is 13.9 Å². The van der Waals surface area contributed by atoms with E-state index < -0.39 is 0 Å². The van der Waals surface area contributed by atoms with Gasteiger partial charge in [0.2, 0.25) is 10.9 Å². The maximum atomic E-state index is 13.3. The third-order valence-corrected chi connectivity index (χ3v) is 4.86. The van der Waals surface area contributed by atoms with Crippen LogP contribution in [0.1, 0.15) is 11.4 Å². The van der Waals surface area contributed by atoms with Crippen LogP contribution >= 0.6 is 0 Å². The largest absolute Gasteiger partial charge is 0.383 e. The average Bonchev–Trinajstić information content (AvgIpc) is 2.72. The van der Waals surface area contributed by atoms with E-state index in [1.54, 1.807) is 54.5 Å². The molecule has 0 saturated heterocycles. The highest BCUT2D eigenvalue weighted by Crippen LogP contribution is 2.10. The normalized spacial score (nSPS) is 11.4. The molecule has 0 saturated carbocycles. The van der Waals surface area contributed by atoms with Gasteiger partial charge in [0.15, 0.2) is 0 Å². The molecule has 7 nitrogen and oxygen atoms in total. The van der Waals surface area contributed by atoms with Crippen molar-refractivity contribution in [3.05, 3.63) is 91.6 Å². The summed E-state index contributed by atoms with van der Waals surface area (Å²) in [7, 11) is 1.61. The Balaban J connectivity index is 2.15. The summed E-state index contributed by atoms with van der Waals surface area (Å²) in [5.74, 6) is 0. The van der Waals surface area contributed by atoms with Crippen molar-refractivity contribution in [1.29, 1.82) is 0 Å². The van der Waals surface area contributed by atoms with Crippen molar-refractivity contribution in [2.45, 2.75) is 20.0 Å². The molecule has 2 aliphatic rings. The second kappa shape index (κ2) is 7.36. The molecule has 0 unspecified atom stereocenters. The Morgan fingerprint density at radius 2 is 1.75 bits per heavy atom. The van der Waals surface area contributed by atoms with Crippen molar-refractivity contribution in [2.24, 2.45) is 0 Å². The number of methoxy groups -OCH3 is 1. The Bertz CT molecular complexity index is 1330. The van der Waals surface area contributed by atoms with Gasteiger partial charge in [-0.2, -0.15) is 0 Å². The number of benzene rings is 1. The summed E-state index contributed by atoms with van der Waals surface area (Å²) in [5, 5.41) is 1.62. The lowest BCUT2D eigenvalue weighted by atomic mass is 10.1. The third-order valence-electron chi connectivity index (χ3n) is 4.86. The Morgan fingerprint density at radius 1 is 1.04 bits per heavy atom. The molecular weight excluding hydrogens is 356 g/mol. The fourth-order valence-electron chi connectivity index (χ4n) is 3.58. The highest BCUT2D eigenvalue weighted by molar-refractivity contribution is 5.81. The fraction of sp³-hybridized carbons (Fsp3) is 0.238. The summed E-state index contributed by atoms with van der Waals surface area (Å²) in [6.45, 7) is 3.19. The van der Waals surface area contributed by atoms with Crippen molar-refractivity contribution in [1.82, 2.24) is 19.1 Å². The van der Waals surface area contributed by atoms with Gasteiger partial charge in [-0.05, 0) is 6.92 Å². The van der Waals surface area contributed by atoms with Crippen LogP contribution in [-0.2, 0) is 17.8 Å².